The molecule has 4 N–H and O–H groups in total. The van der Waals surface area contributed by atoms with Crippen LogP contribution in [0, 0.1) is 12.7 Å². The molecule has 11 heteroatoms. The molecular weight excluding hydrogens is 468 g/mol. The second-order valence-electron chi connectivity index (χ2n) is 8.97. The molecule has 0 saturated heterocycles. The summed E-state index contributed by atoms with van der Waals surface area (Å²) in [4.78, 5) is 20.4. The van der Waals surface area contributed by atoms with Crippen LogP contribution in [0.15, 0.2) is 30.6 Å². The molecule has 1 aromatic carbocycles. The Labute approximate surface area is 204 Å². The summed E-state index contributed by atoms with van der Waals surface area (Å²) in [5.41, 5.74) is 8.64. The summed E-state index contributed by atoms with van der Waals surface area (Å²) in [6.07, 6.45) is 2.66. The van der Waals surface area contributed by atoms with Crippen molar-refractivity contribution in [2.24, 2.45) is 0 Å². The van der Waals surface area contributed by atoms with Gasteiger partial charge in [0.2, 0.25) is 11.8 Å². The van der Waals surface area contributed by atoms with E-state index in [0.717, 1.165) is 5.69 Å². The topological polar surface area (TPSA) is 120 Å². The maximum absolute atomic E-state index is 15.4. The fourth-order valence-corrected chi connectivity index (χ4v) is 4.82. The quantitative estimate of drug-likeness (QED) is 0.374. The van der Waals surface area contributed by atoms with Gasteiger partial charge in [-0.15, -0.1) is 0 Å². The van der Waals surface area contributed by atoms with Crippen LogP contribution in [-0.4, -0.2) is 38.8 Å². The molecule has 4 aromatic rings. The van der Waals surface area contributed by atoms with E-state index in [1.54, 1.807) is 23.7 Å². The number of fused-ring (bicyclic) bond motifs is 3. The SMILES string of the molecule is Cc1c(-c2cc3cc(Nc4cc5n(n4)CC(=O)NCC5)ncc3c(N)c2F)cnc2c1[C@H](F)CCO2. The number of benzene rings is 1. The van der Waals surface area contributed by atoms with Gasteiger partial charge in [-0.3, -0.25) is 9.48 Å². The number of carbonyl (C=O) groups excluding carboxylic acids is 1. The average Bonchev–Trinajstić information content (AvgIpc) is 3.13. The molecular formula is C25H23F2N7O2. The van der Waals surface area contributed by atoms with Crippen LogP contribution >= 0.6 is 0 Å². The number of nitrogens with zero attached hydrogens (tertiary/aromatic N) is 4. The molecule has 1 amide bonds. The maximum atomic E-state index is 15.4. The van der Waals surface area contributed by atoms with E-state index in [0.29, 0.717) is 52.1 Å². The van der Waals surface area contributed by atoms with E-state index in [1.165, 1.54) is 12.4 Å². The molecule has 0 aliphatic carbocycles. The van der Waals surface area contributed by atoms with Crippen LogP contribution in [0.5, 0.6) is 5.88 Å². The molecule has 0 unspecified atom stereocenters. The Morgan fingerprint density at radius 2 is 2.06 bits per heavy atom. The van der Waals surface area contributed by atoms with Crippen molar-refractivity contribution in [2.45, 2.75) is 32.5 Å². The fraction of sp³-hybridized carbons (Fsp3) is 0.280. The molecule has 0 saturated carbocycles. The highest BCUT2D eigenvalue weighted by atomic mass is 19.1. The summed E-state index contributed by atoms with van der Waals surface area (Å²) in [5.74, 6) is 0.573. The molecule has 0 fully saturated rings. The molecule has 1 atom stereocenters. The van der Waals surface area contributed by atoms with E-state index in [1.807, 2.05) is 6.07 Å². The molecule has 0 bridgehead atoms. The van der Waals surface area contributed by atoms with Crippen molar-refractivity contribution < 1.29 is 18.3 Å². The molecule has 0 spiro atoms. The first kappa shape index (κ1) is 22.2. The first-order chi connectivity index (χ1) is 17.4. The van der Waals surface area contributed by atoms with Crippen LogP contribution in [0.25, 0.3) is 21.9 Å². The zero-order valence-corrected chi connectivity index (χ0v) is 19.4. The highest BCUT2D eigenvalue weighted by Crippen LogP contribution is 2.41. The van der Waals surface area contributed by atoms with Crippen LogP contribution in [0.4, 0.5) is 26.1 Å². The lowest BCUT2D eigenvalue weighted by molar-refractivity contribution is -0.121. The van der Waals surface area contributed by atoms with Crippen molar-refractivity contribution in [2.75, 3.05) is 24.2 Å². The first-order valence-corrected chi connectivity index (χ1v) is 11.6. The van der Waals surface area contributed by atoms with Gasteiger partial charge in [-0.25, -0.2) is 18.7 Å². The molecule has 0 radical (unpaired) electrons. The van der Waals surface area contributed by atoms with E-state index in [4.69, 9.17) is 10.5 Å². The molecule has 36 heavy (non-hydrogen) atoms. The lowest BCUT2D eigenvalue weighted by atomic mass is 9.93. The largest absolute Gasteiger partial charge is 0.477 e. The van der Waals surface area contributed by atoms with E-state index >= 15 is 4.39 Å². The number of ether oxygens (including phenoxy) is 1. The van der Waals surface area contributed by atoms with Crippen molar-refractivity contribution in [3.8, 4) is 17.0 Å². The van der Waals surface area contributed by atoms with Crippen molar-refractivity contribution in [3.63, 3.8) is 0 Å². The number of pyridine rings is 2. The number of nitrogens with one attached hydrogen (secondary N) is 2. The number of anilines is 3. The second-order valence-corrected chi connectivity index (χ2v) is 8.97. The third-order valence-corrected chi connectivity index (χ3v) is 6.68. The number of rotatable bonds is 3. The predicted molar refractivity (Wildman–Crippen MR) is 130 cm³/mol. The van der Waals surface area contributed by atoms with Crippen LogP contribution in [-0.2, 0) is 17.8 Å². The minimum absolute atomic E-state index is 0.0496. The first-order valence-electron chi connectivity index (χ1n) is 11.6. The van der Waals surface area contributed by atoms with Gasteiger partial charge in [-0.05, 0) is 30.0 Å². The van der Waals surface area contributed by atoms with Gasteiger partial charge in [0, 0.05) is 60.1 Å². The summed E-state index contributed by atoms with van der Waals surface area (Å²) >= 11 is 0. The Morgan fingerprint density at radius 3 is 2.92 bits per heavy atom. The zero-order chi connectivity index (χ0) is 25.0. The van der Waals surface area contributed by atoms with Crippen LogP contribution in [0.1, 0.15) is 29.4 Å². The highest BCUT2D eigenvalue weighted by Gasteiger charge is 2.27. The monoisotopic (exact) mass is 491 g/mol. The van der Waals surface area contributed by atoms with Crippen molar-refractivity contribution in [1.29, 1.82) is 0 Å². The Morgan fingerprint density at radius 1 is 1.19 bits per heavy atom. The molecule has 2 aliphatic heterocycles. The van der Waals surface area contributed by atoms with Crippen LogP contribution < -0.4 is 21.1 Å². The van der Waals surface area contributed by atoms with Crippen LogP contribution in [0.3, 0.4) is 0 Å². The van der Waals surface area contributed by atoms with Gasteiger partial charge in [-0.1, -0.05) is 0 Å². The lowest BCUT2D eigenvalue weighted by Gasteiger charge is -2.23. The standard InChI is InChI=1S/C25H23F2N7O2/c1-12-16(9-31-25-22(12)18(26)3-5-36-25)15-6-13-7-19(30-10-17(13)24(28)23(15)27)32-20-8-14-2-4-29-21(35)11-34(14)33-20/h6-10,18H,2-5,11,28H2,1H3,(H,29,35)(H,30,32,33)/t18-/m1/s1. The van der Waals surface area contributed by atoms with Gasteiger partial charge >= 0.3 is 0 Å². The Hall–Kier alpha value is -4.28. The van der Waals surface area contributed by atoms with Gasteiger partial charge in [0.05, 0.1) is 17.9 Å². The number of amides is 1. The van der Waals surface area contributed by atoms with Gasteiger partial charge in [0.1, 0.15) is 18.5 Å². The van der Waals surface area contributed by atoms with Gasteiger partial charge in [0.15, 0.2) is 11.6 Å². The Balaban J connectivity index is 1.39. The number of hydrogen-bond acceptors (Lipinski definition) is 7. The minimum Gasteiger partial charge on any atom is -0.477 e. The van der Waals surface area contributed by atoms with E-state index in [9.17, 15) is 9.18 Å². The van der Waals surface area contributed by atoms with Crippen LogP contribution in [0.2, 0.25) is 0 Å². The van der Waals surface area contributed by atoms with E-state index < -0.39 is 12.0 Å². The lowest BCUT2D eigenvalue weighted by Crippen LogP contribution is -2.25. The number of halogens is 2. The number of hydrogen-bond donors (Lipinski definition) is 3. The molecule has 184 valence electrons. The van der Waals surface area contributed by atoms with Crippen molar-refractivity contribution in [3.05, 3.63) is 53.2 Å². The maximum Gasteiger partial charge on any atom is 0.241 e. The molecule has 6 rings (SSSR count). The van der Waals surface area contributed by atoms with E-state index in [-0.39, 0.29) is 42.6 Å². The Bertz CT molecular complexity index is 1540. The van der Waals surface area contributed by atoms with Gasteiger partial charge in [-0.2, -0.15) is 5.10 Å². The summed E-state index contributed by atoms with van der Waals surface area (Å²) in [5, 5.41) is 11.5. The summed E-state index contributed by atoms with van der Waals surface area (Å²) in [6.45, 7) is 2.70. The summed E-state index contributed by atoms with van der Waals surface area (Å²) in [6, 6.07) is 5.27. The number of alkyl halides is 1. The summed E-state index contributed by atoms with van der Waals surface area (Å²) in [7, 11) is 0. The minimum atomic E-state index is -1.22. The number of nitrogen functional groups attached to an aromatic ring is 1. The zero-order valence-electron chi connectivity index (χ0n) is 19.4. The predicted octanol–water partition coefficient (Wildman–Crippen LogP) is 3.73. The van der Waals surface area contributed by atoms with E-state index in [2.05, 4.69) is 25.7 Å². The Kier molecular flexibility index (Phi) is 5.20. The molecule has 9 nitrogen and oxygen atoms in total. The highest BCUT2D eigenvalue weighted by molar-refractivity contribution is 5.98. The van der Waals surface area contributed by atoms with Crippen molar-refractivity contribution >= 4 is 34.0 Å². The number of carbonyl (C=O) groups is 1. The number of aromatic nitrogens is 4. The molecule has 5 heterocycles. The molecule has 2 aliphatic rings. The normalized spacial score (nSPS) is 17.1. The van der Waals surface area contributed by atoms with Gasteiger partial charge < -0.3 is 21.1 Å². The second kappa shape index (κ2) is 8.43. The van der Waals surface area contributed by atoms with Gasteiger partial charge in [0.25, 0.3) is 0 Å². The third kappa shape index (κ3) is 3.67. The third-order valence-electron chi connectivity index (χ3n) is 6.68. The smallest absolute Gasteiger partial charge is 0.241 e. The number of nitrogens with two attached hydrogens (primary N) is 1. The average molecular weight is 492 g/mol. The fourth-order valence-electron chi connectivity index (χ4n) is 4.82. The molecule has 3 aromatic heterocycles. The summed E-state index contributed by atoms with van der Waals surface area (Å²) < 4.78 is 37.2. The van der Waals surface area contributed by atoms with Crippen molar-refractivity contribution in [1.82, 2.24) is 25.1 Å².